The van der Waals surface area contributed by atoms with Crippen molar-refractivity contribution in [3.63, 3.8) is 0 Å². The number of ether oxygens (including phenoxy) is 1. The third-order valence-electron chi connectivity index (χ3n) is 3.83. The zero-order chi connectivity index (χ0) is 11.8. The molecule has 0 aromatic carbocycles. The molecule has 2 N–H and O–H groups in total. The number of aromatic nitrogens is 2. The fraction of sp³-hybridized carbons (Fsp3) is 0.750. The summed E-state index contributed by atoms with van der Waals surface area (Å²) in [6, 6.07) is 0.274. The summed E-state index contributed by atoms with van der Waals surface area (Å²) in [5, 5.41) is 0. The van der Waals surface area contributed by atoms with E-state index in [9.17, 15) is 0 Å². The maximum atomic E-state index is 6.02. The summed E-state index contributed by atoms with van der Waals surface area (Å²) in [4.78, 5) is 4.72. The summed E-state index contributed by atoms with van der Waals surface area (Å²) in [5.41, 5.74) is 8.70. The predicted molar refractivity (Wildman–Crippen MR) is 69.0 cm³/mol. The molecule has 1 aromatic rings. The lowest BCUT2D eigenvalue weighted by Gasteiger charge is -2.25. The van der Waals surface area contributed by atoms with Crippen LogP contribution in [0, 0.1) is 0 Å². The summed E-state index contributed by atoms with van der Waals surface area (Å²) in [7, 11) is 0. The molecule has 3 heterocycles. The van der Waals surface area contributed by atoms with E-state index in [0.717, 1.165) is 50.2 Å². The molecule has 1 aromatic heterocycles. The molecule has 0 radical (unpaired) electrons. The average Bonchev–Trinajstić information content (AvgIpc) is 2.68. The third-order valence-corrected chi connectivity index (χ3v) is 4.44. The van der Waals surface area contributed by atoms with Crippen molar-refractivity contribution in [2.75, 3.05) is 13.2 Å². The topological polar surface area (TPSA) is 53.1 Å². The van der Waals surface area contributed by atoms with Crippen LogP contribution in [0.3, 0.4) is 0 Å². The monoisotopic (exact) mass is 299 g/mol. The zero-order valence-corrected chi connectivity index (χ0v) is 11.4. The van der Waals surface area contributed by atoms with Crippen LogP contribution in [0.5, 0.6) is 0 Å². The van der Waals surface area contributed by atoms with Crippen LogP contribution >= 0.6 is 15.9 Å². The Bertz CT molecular complexity index is 412. The first-order valence-electron chi connectivity index (χ1n) is 6.34. The Morgan fingerprint density at radius 2 is 2.06 bits per heavy atom. The summed E-state index contributed by atoms with van der Waals surface area (Å²) in [6.45, 7) is 2.63. The molecule has 0 aliphatic carbocycles. The molecular formula is C12H18BrN3O. The van der Waals surface area contributed by atoms with Gasteiger partial charge in [-0.15, -0.1) is 0 Å². The highest BCUT2D eigenvalue weighted by Crippen LogP contribution is 2.33. The Morgan fingerprint density at radius 1 is 1.29 bits per heavy atom. The van der Waals surface area contributed by atoms with Crippen LogP contribution in [0.1, 0.15) is 36.6 Å². The van der Waals surface area contributed by atoms with Crippen molar-refractivity contribution < 1.29 is 4.74 Å². The van der Waals surface area contributed by atoms with Gasteiger partial charge in [-0.2, -0.15) is 0 Å². The molecule has 0 spiro atoms. The van der Waals surface area contributed by atoms with Gasteiger partial charge in [0.25, 0.3) is 0 Å². The lowest BCUT2D eigenvalue weighted by Crippen LogP contribution is -2.32. The van der Waals surface area contributed by atoms with Crippen LogP contribution in [0.4, 0.5) is 0 Å². The lowest BCUT2D eigenvalue weighted by molar-refractivity contribution is 0.0843. The fourth-order valence-electron chi connectivity index (χ4n) is 2.87. The van der Waals surface area contributed by atoms with E-state index in [4.69, 9.17) is 15.5 Å². The Kier molecular flexibility index (Phi) is 3.23. The average molecular weight is 300 g/mol. The second kappa shape index (κ2) is 4.71. The maximum Gasteiger partial charge on any atom is 0.177 e. The van der Waals surface area contributed by atoms with Crippen LogP contribution in [0.15, 0.2) is 4.73 Å². The molecule has 5 heteroatoms. The SMILES string of the molecule is NC1CCc2c(C3CCOCC3)nc(Br)n2C1. The molecule has 2 aliphatic rings. The second-order valence-electron chi connectivity index (χ2n) is 5.01. The highest BCUT2D eigenvalue weighted by molar-refractivity contribution is 9.10. The molecule has 3 rings (SSSR count). The summed E-state index contributed by atoms with van der Waals surface area (Å²) < 4.78 is 8.62. The largest absolute Gasteiger partial charge is 0.381 e. The van der Waals surface area contributed by atoms with Crippen molar-refractivity contribution >= 4 is 15.9 Å². The van der Waals surface area contributed by atoms with E-state index in [1.54, 1.807) is 0 Å². The number of rotatable bonds is 1. The molecule has 2 aliphatic heterocycles. The Labute approximate surface area is 110 Å². The first-order chi connectivity index (χ1) is 8.25. The van der Waals surface area contributed by atoms with Crippen LogP contribution in [0.2, 0.25) is 0 Å². The highest BCUT2D eigenvalue weighted by atomic mass is 79.9. The maximum absolute atomic E-state index is 6.02. The molecule has 1 atom stereocenters. The van der Waals surface area contributed by atoms with Gasteiger partial charge in [-0.05, 0) is 41.6 Å². The number of imidazole rings is 1. The van der Waals surface area contributed by atoms with Crippen molar-refractivity contribution in [2.24, 2.45) is 5.73 Å². The molecule has 1 fully saturated rings. The van der Waals surface area contributed by atoms with E-state index in [1.807, 2.05) is 0 Å². The van der Waals surface area contributed by atoms with Gasteiger partial charge in [0.05, 0.1) is 5.69 Å². The van der Waals surface area contributed by atoms with Crippen LogP contribution in [-0.4, -0.2) is 28.8 Å². The highest BCUT2D eigenvalue weighted by Gasteiger charge is 2.27. The van der Waals surface area contributed by atoms with Crippen molar-refractivity contribution in [1.29, 1.82) is 0 Å². The van der Waals surface area contributed by atoms with Crippen LogP contribution < -0.4 is 5.73 Å². The molecule has 0 saturated carbocycles. The molecule has 17 heavy (non-hydrogen) atoms. The van der Waals surface area contributed by atoms with E-state index in [-0.39, 0.29) is 6.04 Å². The smallest absolute Gasteiger partial charge is 0.177 e. The van der Waals surface area contributed by atoms with E-state index in [1.165, 1.54) is 11.4 Å². The van der Waals surface area contributed by atoms with Crippen molar-refractivity contribution in [2.45, 2.75) is 44.2 Å². The Morgan fingerprint density at radius 3 is 2.82 bits per heavy atom. The van der Waals surface area contributed by atoms with Crippen molar-refractivity contribution in [1.82, 2.24) is 9.55 Å². The molecule has 0 bridgehead atoms. The van der Waals surface area contributed by atoms with Gasteiger partial charge in [0.2, 0.25) is 0 Å². The minimum absolute atomic E-state index is 0.274. The van der Waals surface area contributed by atoms with Crippen LogP contribution in [0.25, 0.3) is 0 Å². The van der Waals surface area contributed by atoms with Gasteiger partial charge in [0.15, 0.2) is 4.73 Å². The quantitative estimate of drug-likeness (QED) is 0.860. The van der Waals surface area contributed by atoms with E-state index < -0.39 is 0 Å². The third kappa shape index (κ3) is 2.16. The molecule has 4 nitrogen and oxygen atoms in total. The van der Waals surface area contributed by atoms with Gasteiger partial charge < -0.3 is 15.0 Å². The number of hydrogen-bond acceptors (Lipinski definition) is 3. The summed E-state index contributed by atoms with van der Waals surface area (Å²) in [6.07, 6.45) is 4.34. The molecule has 1 saturated heterocycles. The number of nitrogens with two attached hydrogens (primary N) is 1. The van der Waals surface area contributed by atoms with E-state index >= 15 is 0 Å². The Balaban J connectivity index is 1.92. The second-order valence-corrected chi connectivity index (χ2v) is 5.72. The van der Waals surface area contributed by atoms with E-state index in [2.05, 4.69) is 20.5 Å². The molecule has 0 amide bonds. The van der Waals surface area contributed by atoms with Crippen LogP contribution in [-0.2, 0) is 17.7 Å². The fourth-order valence-corrected chi connectivity index (χ4v) is 3.42. The summed E-state index contributed by atoms with van der Waals surface area (Å²) >= 11 is 3.56. The van der Waals surface area contributed by atoms with Gasteiger partial charge >= 0.3 is 0 Å². The van der Waals surface area contributed by atoms with Gasteiger partial charge in [-0.1, -0.05) is 0 Å². The lowest BCUT2D eigenvalue weighted by atomic mass is 9.92. The number of fused-ring (bicyclic) bond motifs is 1. The summed E-state index contributed by atoms with van der Waals surface area (Å²) in [5.74, 6) is 0.575. The van der Waals surface area contributed by atoms with E-state index in [0.29, 0.717) is 5.92 Å². The minimum atomic E-state index is 0.274. The normalized spacial score (nSPS) is 25.9. The predicted octanol–water partition coefficient (Wildman–Crippen LogP) is 1.81. The number of halogens is 1. The first-order valence-corrected chi connectivity index (χ1v) is 7.13. The number of hydrogen-bond donors (Lipinski definition) is 1. The van der Waals surface area contributed by atoms with Gasteiger partial charge in [-0.25, -0.2) is 4.98 Å². The molecule has 94 valence electrons. The van der Waals surface area contributed by atoms with Gasteiger partial charge in [0.1, 0.15) is 0 Å². The molecular weight excluding hydrogens is 282 g/mol. The minimum Gasteiger partial charge on any atom is -0.381 e. The van der Waals surface area contributed by atoms with Gasteiger partial charge in [0, 0.05) is 37.4 Å². The van der Waals surface area contributed by atoms with Gasteiger partial charge in [-0.3, -0.25) is 0 Å². The van der Waals surface area contributed by atoms with Crippen molar-refractivity contribution in [3.05, 3.63) is 16.1 Å². The zero-order valence-electron chi connectivity index (χ0n) is 9.86. The standard InChI is InChI=1S/C12H18BrN3O/c13-12-15-11(8-3-5-17-6-4-8)10-2-1-9(14)7-16(10)12/h8-9H,1-7,14H2. The Hall–Kier alpha value is -0.390. The number of nitrogens with zero attached hydrogens (tertiary/aromatic N) is 2. The molecule has 1 unspecified atom stereocenters. The first kappa shape index (κ1) is 11.7. The van der Waals surface area contributed by atoms with Crippen molar-refractivity contribution in [3.8, 4) is 0 Å².